The van der Waals surface area contributed by atoms with Crippen LogP contribution in [0.3, 0.4) is 0 Å². The first kappa shape index (κ1) is 17.2. The van der Waals surface area contributed by atoms with Gasteiger partial charge in [-0.3, -0.25) is 9.69 Å². The molecule has 1 aromatic carbocycles. The third-order valence-electron chi connectivity index (χ3n) is 4.79. The molecule has 0 radical (unpaired) electrons. The highest BCUT2D eigenvalue weighted by atomic mass is 32.1. The van der Waals surface area contributed by atoms with Crippen LogP contribution in [-0.4, -0.2) is 29.9 Å². The smallest absolute Gasteiger partial charge is 0.220 e. The number of amides is 1. The number of aryl methyl sites for hydroxylation is 1. The second kappa shape index (κ2) is 8.45. The van der Waals surface area contributed by atoms with Crippen molar-refractivity contribution >= 4 is 17.2 Å². The number of carbonyl (C=O) groups is 1. The highest BCUT2D eigenvalue weighted by Gasteiger charge is 2.20. The van der Waals surface area contributed by atoms with Gasteiger partial charge >= 0.3 is 0 Å². The predicted molar refractivity (Wildman–Crippen MR) is 100 cm³/mol. The summed E-state index contributed by atoms with van der Waals surface area (Å²) in [5.74, 6) is 0.177. The van der Waals surface area contributed by atoms with Crippen molar-refractivity contribution in [1.29, 1.82) is 0 Å². The molecular weight excluding hydrogens is 316 g/mol. The van der Waals surface area contributed by atoms with E-state index in [1.54, 1.807) is 11.3 Å². The summed E-state index contributed by atoms with van der Waals surface area (Å²) in [7, 11) is 0. The van der Waals surface area contributed by atoms with E-state index in [1.165, 1.54) is 16.0 Å². The molecule has 3 nitrogen and oxygen atoms in total. The Morgan fingerprint density at radius 2 is 2.08 bits per heavy atom. The lowest BCUT2D eigenvalue weighted by atomic mass is 9.99. The number of nitrogens with one attached hydrogen (secondary N) is 1. The van der Waals surface area contributed by atoms with Crippen molar-refractivity contribution < 1.29 is 4.79 Å². The molecule has 2 aromatic rings. The first-order valence-electron chi connectivity index (χ1n) is 8.82. The molecule has 1 aliphatic rings. The molecular formula is C20H26N2OS. The molecule has 0 fully saturated rings. The summed E-state index contributed by atoms with van der Waals surface area (Å²) in [6.07, 6.45) is 3.66. The number of thiophene rings is 1. The van der Waals surface area contributed by atoms with E-state index in [1.807, 2.05) is 0 Å². The van der Waals surface area contributed by atoms with Gasteiger partial charge in [0, 0.05) is 37.0 Å². The van der Waals surface area contributed by atoms with Gasteiger partial charge in [0.2, 0.25) is 5.91 Å². The monoisotopic (exact) mass is 342 g/mol. The van der Waals surface area contributed by atoms with E-state index in [2.05, 4.69) is 58.9 Å². The quantitative estimate of drug-likeness (QED) is 0.833. The van der Waals surface area contributed by atoms with E-state index < -0.39 is 0 Å². The van der Waals surface area contributed by atoms with E-state index in [0.29, 0.717) is 12.5 Å². The van der Waals surface area contributed by atoms with E-state index in [9.17, 15) is 4.79 Å². The van der Waals surface area contributed by atoms with Gasteiger partial charge in [-0.15, -0.1) is 11.3 Å². The second-order valence-corrected chi connectivity index (χ2v) is 7.61. The second-order valence-electron chi connectivity index (χ2n) is 6.58. The number of hydrogen-bond acceptors (Lipinski definition) is 3. The third kappa shape index (κ3) is 4.68. The lowest BCUT2D eigenvalue weighted by Crippen LogP contribution is -2.44. The van der Waals surface area contributed by atoms with Crippen molar-refractivity contribution in [3.05, 3.63) is 57.8 Å². The van der Waals surface area contributed by atoms with Gasteiger partial charge in [0.15, 0.2) is 0 Å². The first-order chi connectivity index (χ1) is 11.7. The largest absolute Gasteiger partial charge is 0.355 e. The maximum Gasteiger partial charge on any atom is 0.220 e. The standard InChI is InChI=1S/C20H26N2OS/c1-16(22-12-11-17-6-2-3-7-18(17)15-22)14-21-20(23)10-4-8-19-9-5-13-24-19/h2-3,5-7,9,13,16H,4,8,10-12,14-15H2,1H3,(H,21,23). The number of hydrogen-bond donors (Lipinski definition) is 1. The molecule has 0 bridgehead atoms. The predicted octanol–water partition coefficient (Wildman–Crippen LogP) is 3.63. The Kier molecular flexibility index (Phi) is 6.05. The summed E-state index contributed by atoms with van der Waals surface area (Å²) in [6.45, 7) is 5.01. The normalized spacial score (nSPS) is 15.7. The summed E-state index contributed by atoms with van der Waals surface area (Å²) in [4.78, 5) is 15.9. The van der Waals surface area contributed by atoms with Crippen LogP contribution in [0.25, 0.3) is 0 Å². The Morgan fingerprint density at radius 3 is 2.88 bits per heavy atom. The fraction of sp³-hybridized carbons (Fsp3) is 0.450. The van der Waals surface area contributed by atoms with E-state index in [4.69, 9.17) is 0 Å². The Balaban J connectivity index is 1.37. The highest BCUT2D eigenvalue weighted by Crippen LogP contribution is 2.20. The van der Waals surface area contributed by atoms with Crippen molar-refractivity contribution in [3.63, 3.8) is 0 Å². The molecule has 2 heterocycles. The van der Waals surface area contributed by atoms with E-state index in [-0.39, 0.29) is 5.91 Å². The maximum atomic E-state index is 12.0. The zero-order chi connectivity index (χ0) is 16.8. The fourth-order valence-corrected chi connectivity index (χ4v) is 4.00. The Bertz CT molecular complexity index is 653. The molecule has 1 atom stereocenters. The average molecular weight is 343 g/mol. The van der Waals surface area contributed by atoms with Crippen LogP contribution >= 0.6 is 11.3 Å². The zero-order valence-electron chi connectivity index (χ0n) is 14.3. The van der Waals surface area contributed by atoms with Crippen LogP contribution in [0.2, 0.25) is 0 Å². The molecule has 0 aliphatic carbocycles. The topological polar surface area (TPSA) is 32.3 Å². The molecule has 1 N–H and O–H groups in total. The van der Waals surface area contributed by atoms with Crippen LogP contribution in [0.1, 0.15) is 35.8 Å². The molecule has 128 valence electrons. The summed E-state index contributed by atoms with van der Waals surface area (Å²) >= 11 is 1.77. The lowest BCUT2D eigenvalue weighted by Gasteiger charge is -2.33. The molecule has 0 saturated heterocycles. The molecule has 1 amide bonds. The van der Waals surface area contributed by atoms with Crippen molar-refractivity contribution in [2.75, 3.05) is 13.1 Å². The SMILES string of the molecule is CC(CNC(=O)CCCc1cccs1)N1CCc2ccccc2C1. The minimum atomic E-state index is 0.177. The third-order valence-corrected chi connectivity index (χ3v) is 5.72. The summed E-state index contributed by atoms with van der Waals surface area (Å²) in [6, 6.07) is 13.3. The van der Waals surface area contributed by atoms with Crippen LogP contribution < -0.4 is 5.32 Å². The number of carbonyl (C=O) groups excluding carboxylic acids is 1. The Hall–Kier alpha value is -1.65. The van der Waals surface area contributed by atoms with Crippen LogP contribution in [0.4, 0.5) is 0 Å². The van der Waals surface area contributed by atoms with Gasteiger partial charge in [-0.05, 0) is 48.8 Å². The van der Waals surface area contributed by atoms with Crippen LogP contribution in [0.5, 0.6) is 0 Å². The fourth-order valence-electron chi connectivity index (χ4n) is 3.25. The molecule has 1 unspecified atom stereocenters. The highest BCUT2D eigenvalue weighted by molar-refractivity contribution is 7.09. The molecule has 0 saturated carbocycles. The summed E-state index contributed by atoms with van der Waals surface area (Å²) < 4.78 is 0. The molecule has 1 aliphatic heterocycles. The number of rotatable bonds is 7. The van der Waals surface area contributed by atoms with Gasteiger partial charge in [-0.1, -0.05) is 30.3 Å². The van der Waals surface area contributed by atoms with Crippen molar-refractivity contribution in [1.82, 2.24) is 10.2 Å². The molecule has 0 spiro atoms. The van der Waals surface area contributed by atoms with Gasteiger partial charge in [-0.2, -0.15) is 0 Å². The van der Waals surface area contributed by atoms with Crippen LogP contribution in [-0.2, 0) is 24.2 Å². The van der Waals surface area contributed by atoms with Gasteiger partial charge in [0.25, 0.3) is 0 Å². The maximum absolute atomic E-state index is 12.0. The van der Waals surface area contributed by atoms with Crippen LogP contribution in [0.15, 0.2) is 41.8 Å². The van der Waals surface area contributed by atoms with Crippen LogP contribution in [0, 0.1) is 0 Å². The van der Waals surface area contributed by atoms with E-state index in [0.717, 1.165) is 38.9 Å². The molecule has 24 heavy (non-hydrogen) atoms. The summed E-state index contributed by atoms with van der Waals surface area (Å²) in [5.41, 5.74) is 2.90. The van der Waals surface area contributed by atoms with Crippen molar-refractivity contribution in [3.8, 4) is 0 Å². The van der Waals surface area contributed by atoms with Crippen molar-refractivity contribution in [2.24, 2.45) is 0 Å². The number of benzene rings is 1. The van der Waals surface area contributed by atoms with Crippen molar-refractivity contribution in [2.45, 2.75) is 45.2 Å². The zero-order valence-corrected chi connectivity index (χ0v) is 15.1. The van der Waals surface area contributed by atoms with Gasteiger partial charge < -0.3 is 5.32 Å². The lowest BCUT2D eigenvalue weighted by molar-refractivity contribution is -0.121. The average Bonchev–Trinajstić information content (AvgIpc) is 3.12. The van der Waals surface area contributed by atoms with Gasteiger partial charge in [-0.25, -0.2) is 0 Å². The van der Waals surface area contributed by atoms with E-state index >= 15 is 0 Å². The minimum Gasteiger partial charge on any atom is -0.355 e. The summed E-state index contributed by atoms with van der Waals surface area (Å²) in [5, 5.41) is 5.20. The Labute approximate surface area is 148 Å². The van der Waals surface area contributed by atoms with Gasteiger partial charge in [0.05, 0.1) is 0 Å². The molecule has 3 rings (SSSR count). The number of fused-ring (bicyclic) bond motifs is 1. The molecule has 1 aromatic heterocycles. The molecule has 4 heteroatoms. The minimum absolute atomic E-state index is 0.177. The number of nitrogens with zero attached hydrogens (tertiary/aromatic N) is 1. The Morgan fingerprint density at radius 1 is 1.25 bits per heavy atom. The first-order valence-corrected chi connectivity index (χ1v) is 9.70. The van der Waals surface area contributed by atoms with Gasteiger partial charge in [0.1, 0.15) is 0 Å².